The molecule has 0 aromatic heterocycles. The van der Waals surface area contributed by atoms with Gasteiger partial charge in [-0.3, -0.25) is 0 Å². The fourth-order valence-electron chi connectivity index (χ4n) is 4.53. The summed E-state index contributed by atoms with van der Waals surface area (Å²) in [6.07, 6.45) is -46.9. The predicted molar refractivity (Wildman–Crippen MR) is 140 cm³/mol. The molecule has 0 fully saturated rings. The second-order valence-electron chi connectivity index (χ2n) is 13.2. The van der Waals surface area contributed by atoms with Gasteiger partial charge >= 0.3 is 107 Å². The highest BCUT2D eigenvalue weighted by atomic mass is 32.2. The van der Waals surface area contributed by atoms with E-state index in [0.29, 0.717) is 0 Å². The number of hydrogen-bond acceptors (Lipinski definition) is 6. The lowest BCUT2D eigenvalue weighted by atomic mass is 9.79. The second-order valence-corrected chi connectivity index (χ2v) is 16.7. The molecule has 70 heavy (non-hydrogen) atoms. The SMILES string of the molecule is CC(OS(=O)(=O)CCC(F)(F)C(F)(F)C(F)(F)C(F)(F)C(F)(C(F)(F)F)C(F)(F)C(F)(F)C(F)(F)F)OS(=O)(=O)CCC(F)(F)C(F)(F)C(F)(F)C(F)(F)C(F)(C(F)(F)F)C(F)(F)C(F)(F)C(F)(F)F. The number of halogens is 38. The maximum absolute atomic E-state index is 14.3. The van der Waals surface area contributed by atoms with Crippen molar-refractivity contribution in [2.45, 2.75) is 133 Å². The van der Waals surface area contributed by atoms with Crippen molar-refractivity contribution in [2.24, 2.45) is 0 Å². The molecular formula is C24H12F38O6S2. The van der Waals surface area contributed by atoms with Crippen LogP contribution in [-0.2, 0) is 28.6 Å². The third kappa shape index (κ3) is 9.83. The third-order valence-electron chi connectivity index (χ3n) is 8.40. The first-order chi connectivity index (χ1) is 29.5. The van der Waals surface area contributed by atoms with Gasteiger partial charge in [0, 0.05) is 12.8 Å². The summed E-state index contributed by atoms with van der Waals surface area (Å²) >= 11 is 0. The number of hydrogen-bond donors (Lipinski definition) is 0. The summed E-state index contributed by atoms with van der Waals surface area (Å²) in [5.41, 5.74) is -19.4. The molecule has 0 aliphatic carbocycles. The van der Waals surface area contributed by atoms with Gasteiger partial charge in [0.2, 0.25) is 0 Å². The third-order valence-corrected chi connectivity index (χ3v) is 10.9. The summed E-state index contributed by atoms with van der Waals surface area (Å²) in [7, 11) is -13.6. The monoisotopic (exact) mass is 1180 g/mol. The first-order valence-corrected chi connectivity index (χ1v) is 18.7. The van der Waals surface area contributed by atoms with Crippen LogP contribution >= 0.6 is 0 Å². The Bertz CT molecular complexity index is 1930. The van der Waals surface area contributed by atoms with E-state index in [4.69, 9.17) is 0 Å². The van der Waals surface area contributed by atoms with Crippen molar-refractivity contribution >= 4 is 20.2 Å². The van der Waals surface area contributed by atoms with Crippen molar-refractivity contribution in [3.05, 3.63) is 0 Å². The zero-order valence-electron chi connectivity index (χ0n) is 31.0. The van der Waals surface area contributed by atoms with Gasteiger partial charge in [-0.2, -0.15) is 175 Å². The van der Waals surface area contributed by atoms with E-state index in [1.54, 1.807) is 0 Å². The molecule has 0 aromatic rings. The molecule has 46 heteroatoms. The van der Waals surface area contributed by atoms with Gasteiger partial charge in [0.15, 0.2) is 6.29 Å². The molecule has 0 aliphatic rings. The van der Waals surface area contributed by atoms with Crippen molar-refractivity contribution in [1.29, 1.82) is 0 Å². The Hall–Kier alpha value is -2.84. The second kappa shape index (κ2) is 17.6. The summed E-state index contributed by atoms with van der Waals surface area (Å²) < 4.78 is 568. The van der Waals surface area contributed by atoms with E-state index >= 15 is 0 Å². The Morgan fingerprint density at radius 1 is 0.286 bits per heavy atom. The van der Waals surface area contributed by atoms with E-state index in [0.717, 1.165) is 0 Å². The molecule has 2 atom stereocenters. The van der Waals surface area contributed by atoms with Crippen LogP contribution in [0.2, 0.25) is 0 Å². The van der Waals surface area contributed by atoms with Crippen LogP contribution in [0.3, 0.4) is 0 Å². The van der Waals surface area contributed by atoms with Crippen molar-refractivity contribution in [3.8, 4) is 0 Å². The van der Waals surface area contributed by atoms with Gasteiger partial charge in [0.05, 0.1) is 11.5 Å². The minimum Gasteiger partial charge on any atom is -0.237 e. The topological polar surface area (TPSA) is 86.7 Å². The fraction of sp³-hybridized carbons (Fsp3) is 1.00. The number of rotatable bonds is 22. The maximum atomic E-state index is 14.3. The molecule has 2 unspecified atom stereocenters. The molecule has 0 bridgehead atoms. The minimum absolute atomic E-state index is 0.457. The Balaban J connectivity index is 6.77. The van der Waals surface area contributed by atoms with Crippen LogP contribution in [-0.4, -0.2) is 142 Å². The Kier molecular flexibility index (Phi) is 16.9. The van der Waals surface area contributed by atoms with Gasteiger partial charge in [0.1, 0.15) is 0 Å². The highest BCUT2D eigenvalue weighted by molar-refractivity contribution is 7.87. The first-order valence-electron chi connectivity index (χ1n) is 15.5. The summed E-state index contributed by atoms with van der Waals surface area (Å²) in [5.74, 6) is -115. The van der Waals surface area contributed by atoms with Gasteiger partial charge in [-0.05, 0) is 6.92 Å². The van der Waals surface area contributed by atoms with Crippen molar-refractivity contribution in [1.82, 2.24) is 0 Å². The fourth-order valence-corrected chi connectivity index (χ4v) is 6.69. The summed E-state index contributed by atoms with van der Waals surface area (Å²) in [5, 5.41) is 0. The van der Waals surface area contributed by atoms with Crippen LogP contribution in [0.25, 0.3) is 0 Å². The highest BCUT2D eigenvalue weighted by Gasteiger charge is 3.01. The molecule has 0 heterocycles. The normalized spacial score (nSPS) is 18.7. The van der Waals surface area contributed by atoms with Crippen LogP contribution in [0.4, 0.5) is 167 Å². The van der Waals surface area contributed by atoms with E-state index in [-0.39, 0.29) is 0 Å². The molecule has 0 aromatic carbocycles. The van der Waals surface area contributed by atoms with Crippen LogP contribution in [0.1, 0.15) is 19.8 Å². The largest absolute Gasteiger partial charge is 0.460 e. The molecular weight excluding hydrogens is 1170 g/mol. The highest BCUT2D eigenvalue weighted by Crippen LogP contribution is 2.69. The maximum Gasteiger partial charge on any atom is 0.460 e. The minimum atomic E-state index is -9.71. The zero-order chi connectivity index (χ0) is 57.8. The van der Waals surface area contributed by atoms with Crippen LogP contribution in [0, 0.1) is 0 Å². The molecule has 0 rings (SSSR count). The molecule has 0 amide bonds. The molecule has 0 aliphatic heterocycles. The molecule has 0 N–H and O–H groups in total. The Labute approximate surface area is 357 Å². The zero-order valence-corrected chi connectivity index (χ0v) is 32.7. The standard InChI is InChI=1S/C24H12F38O6S2/c1-6(67-69(63,64)4-2-7(25,26)11(31,32)17(43,44)13(35,36)9(29,21(51,52)53)15(39,40)19(47,48)23(57,58)59)68-70(65,66)5-3-8(27,28)12(33,34)18(45,46)14(37,38)10(30,22(54,55)56)16(41,42)20(49,50)24(60,61)62/h6H,2-5H2,1H3. The van der Waals surface area contributed by atoms with Gasteiger partial charge < -0.3 is 0 Å². The molecule has 0 radical (unpaired) electrons. The van der Waals surface area contributed by atoms with Gasteiger partial charge in [0.25, 0.3) is 20.2 Å². The Morgan fingerprint density at radius 3 is 0.643 bits per heavy atom. The van der Waals surface area contributed by atoms with Crippen LogP contribution in [0.15, 0.2) is 0 Å². The molecule has 6 nitrogen and oxygen atoms in total. The molecule has 0 saturated heterocycles. The van der Waals surface area contributed by atoms with E-state index in [9.17, 15) is 184 Å². The van der Waals surface area contributed by atoms with Crippen molar-refractivity contribution in [2.75, 3.05) is 11.5 Å². The summed E-state index contributed by atoms with van der Waals surface area (Å²) in [4.78, 5) is 0. The van der Waals surface area contributed by atoms with Gasteiger partial charge in [-0.1, -0.05) is 0 Å². The summed E-state index contributed by atoms with van der Waals surface area (Å²) in [6, 6.07) is 0. The van der Waals surface area contributed by atoms with Crippen molar-refractivity contribution in [3.63, 3.8) is 0 Å². The average molecular weight is 1180 g/mol. The predicted octanol–water partition coefficient (Wildman–Crippen LogP) is 12.1. The first kappa shape index (κ1) is 67.2. The van der Waals surface area contributed by atoms with Crippen molar-refractivity contribution < 1.29 is 192 Å². The quantitative estimate of drug-likeness (QED) is 0.0610. The van der Waals surface area contributed by atoms with Crippen LogP contribution in [0.5, 0.6) is 0 Å². The lowest BCUT2D eigenvalue weighted by molar-refractivity contribution is -0.475. The lowest BCUT2D eigenvalue weighted by Crippen LogP contribution is -2.79. The molecule has 0 spiro atoms. The average Bonchev–Trinajstić information content (AvgIpc) is 3.09. The number of alkyl halides is 38. The van der Waals surface area contributed by atoms with Crippen LogP contribution < -0.4 is 0 Å². The van der Waals surface area contributed by atoms with E-state index in [1.165, 1.54) is 0 Å². The van der Waals surface area contributed by atoms with E-state index in [2.05, 4.69) is 8.37 Å². The van der Waals surface area contributed by atoms with Gasteiger partial charge in [-0.15, -0.1) is 0 Å². The molecule has 0 saturated carbocycles. The lowest BCUT2D eigenvalue weighted by Gasteiger charge is -2.46. The summed E-state index contributed by atoms with van der Waals surface area (Å²) in [6.45, 7) is -0.457. The van der Waals surface area contributed by atoms with Gasteiger partial charge in [-0.25, -0.2) is 17.1 Å². The smallest absolute Gasteiger partial charge is 0.237 e. The van der Waals surface area contributed by atoms with E-state index in [1.807, 2.05) is 0 Å². The molecule has 422 valence electrons. The Morgan fingerprint density at radius 2 is 0.471 bits per heavy atom. The van der Waals surface area contributed by atoms with E-state index < -0.39 is 165 Å².